The molecule has 29 heavy (non-hydrogen) atoms. The molecule has 150 valence electrons. The van der Waals surface area contributed by atoms with Crippen molar-refractivity contribution in [2.75, 3.05) is 13.7 Å². The maximum absolute atomic E-state index is 12.8. The van der Waals surface area contributed by atoms with E-state index < -0.39 is 24.0 Å². The first-order valence-electron chi connectivity index (χ1n) is 8.91. The van der Waals surface area contributed by atoms with Crippen LogP contribution in [-0.4, -0.2) is 36.8 Å². The van der Waals surface area contributed by atoms with Crippen LogP contribution in [0.2, 0.25) is 0 Å². The number of rotatable bonds is 6. The molecular weight excluding hydrogens is 376 g/mol. The number of amides is 2. The molecule has 3 N–H and O–H groups in total. The Hall–Kier alpha value is -3.81. The molecule has 0 spiro atoms. The van der Waals surface area contributed by atoms with Gasteiger partial charge in [-0.3, -0.25) is 0 Å². The number of hydrogen-bond acceptors (Lipinski definition) is 5. The van der Waals surface area contributed by atoms with Crippen molar-refractivity contribution in [2.24, 2.45) is 0 Å². The summed E-state index contributed by atoms with van der Waals surface area (Å²) in [5.74, 6) is -1.02. The standard InChI is InChI=1S/C21H20N2O6/c1-3-29-20(26)16-17(12-4-6-14(7-5-12)19(24)25)22-21(27)23-18(16)13-8-10-15(28-2)11-9-13/h4-11,17H,3H2,1-2H3,(H,24,25)(H2,22,23,27). The molecule has 2 aromatic carbocycles. The van der Waals surface area contributed by atoms with E-state index in [0.29, 0.717) is 22.6 Å². The van der Waals surface area contributed by atoms with Gasteiger partial charge in [0.05, 0.1) is 36.6 Å². The lowest BCUT2D eigenvalue weighted by atomic mass is 9.92. The highest BCUT2D eigenvalue weighted by molar-refractivity contribution is 6.04. The predicted octanol–water partition coefficient (Wildman–Crippen LogP) is 2.72. The highest BCUT2D eigenvalue weighted by Crippen LogP contribution is 2.32. The lowest BCUT2D eigenvalue weighted by Crippen LogP contribution is -2.45. The summed E-state index contributed by atoms with van der Waals surface area (Å²) in [4.78, 5) is 36.2. The molecule has 3 rings (SSSR count). The number of carboxylic acid groups (broad SMARTS) is 1. The van der Waals surface area contributed by atoms with Gasteiger partial charge < -0.3 is 25.2 Å². The van der Waals surface area contributed by atoms with Crippen molar-refractivity contribution in [1.82, 2.24) is 10.6 Å². The van der Waals surface area contributed by atoms with Crippen molar-refractivity contribution in [3.63, 3.8) is 0 Å². The van der Waals surface area contributed by atoms with Crippen LogP contribution in [0.5, 0.6) is 5.75 Å². The first-order valence-corrected chi connectivity index (χ1v) is 8.91. The summed E-state index contributed by atoms with van der Waals surface area (Å²) in [7, 11) is 1.54. The Balaban J connectivity index is 2.12. The second-order valence-corrected chi connectivity index (χ2v) is 6.20. The number of carbonyl (C=O) groups excluding carboxylic acids is 2. The second kappa shape index (κ2) is 8.47. The quantitative estimate of drug-likeness (QED) is 0.647. The third-order valence-corrected chi connectivity index (χ3v) is 4.44. The number of benzene rings is 2. The average molecular weight is 396 g/mol. The van der Waals surface area contributed by atoms with Crippen LogP contribution in [0.25, 0.3) is 5.70 Å². The molecular formula is C21H20N2O6. The van der Waals surface area contributed by atoms with E-state index in [1.807, 2.05) is 0 Å². The van der Waals surface area contributed by atoms with Crippen molar-refractivity contribution >= 4 is 23.7 Å². The lowest BCUT2D eigenvalue weighted by Gasteiger charge is -2.29. The predicted molar refractivity (Wildman–Crippen MR) is 104 cm³/mol. The number of urea groups is 1. The van der Waals surface area contributed by atoms with Gasteiger partial charge in [-0.25, -0.2) is 14.4 Å². The van der Waals surface area contributed by atoms with Crippen LogP contribution >= 0.6 is 0 Å². The minimum absolute atomic E-state index is 0.103. The third kappa shape index (κ3) is 4.21. The Morgan fingerprint density at radius 3 is 2.28 bits per heavy atom. The minimum atomic E-state index is -1.06. The lowest BCUT2D eigenvalue weighted by molar-refractivity contribution is -0.138. The fourth-order valence-corrected chi connectivity index (χ4v) is 3.05. The largest absolute Gasteiger partial charge is 0.497 e. The SMILES string of the molecule is CCOC(=O)C1=C(c2ccc(OC)cc2)NC(=O)NC1c1ccc(C(=O)O)cc1. The number of carbonyl (C=O) groups is 3. The van der Waals surface area contributed by atoms with Crippen molar-refractivity contribution in [1.29, 1.82) is 0 Å². The minimum Gasteiger partial charge on any atom is -0.497 e. The smallest absolute Gasteiger partial charge is 0.338 e. The summed E-state index contributed by atoms with van der Waals surface area (Å²) in [5.41, 5.74) is 1.81. The molecule has 2 aromatic rings. The molecule has 0 fully saturated rings. The number of nitrogens with one attached hydrogen (secondary N) is 2. The molecule has 1 aliphatic rings. The van der Waals surface area contributed by atoms with Crippen LogP contribution in [0.15, 0.2) is 54.1 Å². The van der Waals surface area contributed by atoms with Crippen LogP contribution in [0.4, 0.5) is 4.79 Å². The number of carboxylic acids is 1. The summed E-state index contributed by atoms with van der Waals surface area (Å²) in [6, 6.07) is 11.6. The number of aromatic carboxylic acids is 1. The van der Waals surface area contributed by atoms with Gasteiger partial charge in [-0.05, 0) is 54.4 Å². The molecule has 1 heterocycles. The molecule has 8 heteroatoms. The van der Waals surface area contributed by atoms with Crippen molar-refractivity contribution in [2.45, 2.75) is 13.0 Å². The van der Waals surface area contributed by atoms with E-state index in [-0.39, 0.29) is 17.7 Å². The Morgan fingerprint density at radius 1 is 1.07 bits per heavy atom. The molecule has 1 atom stereocenters. The summed E-state index contributed by atoms with van der Waals surface area (Å²) < 4.78 is 10.4. The monoisotopic (exact) mass is 396 g/mol. The molecule has 2 amide bonds. The molecule has 8 nitrogen and oxygen atoms in total. The zero-order valence-corrected chi connectivity index (χ0v) is 15.9. The van der Waals surface area contributed by atoms with Crippen LogP contribution in [0, 0.1) is 0 Å². The van der Waals surface area contributed by atoms with E-state index >= 15 is 0 Å². The van der Waals surface area contributed by atoms with Gasteiger partial charge in [-0.2, -0.15) is 0 Å². The summed E-state index contributed by atoms with van der Waals surface area (Å²) in [5, 5.41) is 14.5. The summed E-state index contributed by atoms with van der Waals surface area (Å²) >= 11 is 0. The highest BCUT2D eigenvalue weighted by atomic mass is 16.5. The van der Waals surface area contributed by atoms with Crippen molar-refractivity contribution in [3.05, 3.63) is 70.8 Å². The number of ether oxygens (including phenoxy) is 2. The van der Waals surface area contributed by atoms with Crippen LogP contribution in [-0.2, 0) is 9.53 Å². The molecule has 0 aromatic heterocycles. The van der Waals surface area contributed by atoms with Gasteiger partial charge in [0.25, 0.3) is 0 Å². The normalized spacial score (nSPS) is 15.9. The average Bonchev–Trinajstić information content (AvgIpc) is 2.73. The second-order valence-electron chi connectivity index (χ2n) is 6.20. The fourth-order valence-electron chi connectivity index (χ4n) is 3.05. The van der Waals surface area contributed by atoms with Crippen LogP contribution < -0.4 is 15.4 Å². The van der Waals surface area contributed by atoms with Gasteiger partial charge in [0.1, 0.15) is 5.75 Å². The van der Waals surface area contributed by atoms with Gasteiger partial charge in [0.2, 0.25) is 0 Å². The molecule has 0 saturated heterocycles. The first kappa shape index (κ1) is 19.9. The van der Waals surface area contributed by atoms with E-state index in [1.54, 1.807) is 50.4 Å². The Kier molecular flexibility index (Phi) is 5.82. The van der Waals surface area contributed by atoms with Crippen LogP contribution in [0.1, 0.15) is 34.5 Å². The number of esters is 1. The van der Waals surface area contributed by atoms with Gasteiger partial charge >= 0.3 is 18.0 Å². The molecule has 0 radical (unpaired) electrons. The van der Waals surface area contributed by atoms with Crippen molar-refractivity contribution in [3.8, 4) is 5.75 Å². The topological polar surface area (TPSA) is 114 Å². The van der Waals surface area contributed by atoms with Crippen LogP contribution in [0.3, 0.4) is 0 Å². The summed E-state index contributed by atoms with van der Waals surface area (Å²) in [6.45, 7) is 1.86. The van der Waals surface area contributed by atoms with E-state index in [2.05, 4.69) is 10.6 Å². The first-order chi connectivity index (χ1) is 13.9. The zero-order valence-electron chi connectivity index (χ0n) is 15.9. The Labute approximate surface area is 167 Å². The van der Waals surface area contributed by atoms with E-state index in [4.69, 9.17) is 14.6 Å². The maximum atomic E-state index is 12.8. The fraction of sp³-hybridized carbons (Fsp3) is 0.190. The highest BCUT2D eigenvalue weighted by Gasteiger charge is 2.34. The molecule has 0 aliphatic carbocycles. The van der Waals surface area contributed by atoms with Gasteiger partial charge in [0, 0.05) is 0 Å². The Bertz CT molecular complexity index is 964. The zero-order chi connectivity index (χ0) is 21.0. The van der Waals surface area contributed by atoms with Gasteiger partial charge in [0.15, 0.2) is 0 Å². The van der Waals surface area contributed by atoms with Crippen molar-refractivity contribution < 1.29 is 29.0 Å². The van der Waals surface area contributed by atoms with E-state index in [9.17, 15) is 14.4 Å². The van der Waals surface area contributed by atoms with Gasteiger partial charge in [-0.15, -0.1) is 0 Å². The summed E-state index contributed by atoms with van der Waals surface area (Å²) in [6.07, 6.45) is 0. The molecule has 1 unspecified atom stereocenters. The number of methoxy groups -OCH3 is 1. The van der Waals surface area contributed by atoms with E-state index in [1.165, 1.54) is 12.1 Å². The number of hydrogen-bond donors (Lipinski definition) is 3. The van der Waals surface area contributed by atoms with Gasteiger partial charge in [-0.1, -0.05) is 12.1 Å². The third-order valence-electron chi connectivity index (χ3n) is 4.44. The Morgan fingerprint density at radius 2 is 1.72 bits per heavy atom. The molecule has 0 saturated carbocycles. The molecule has 1 aliphatic heterocycles. The maximum Gasteiger partial charge on any atom is 0.338 e. The van der Waals surface area contributed by atoms with E-state index in [0.717, 1.165) is 0 Å². The molecule has 0 bridgehead atoms.